The lowest BCUT2D eigenvalue weighted by atomic mass is 10.1. The van der Waals surface area contributed by atoms with Crippen molar-refractivity contribution in [3.05, 3.63) is 47.5 Å². The smallest absolute Gasteiger partial charge is 0.336 e. The van der Waals surface area contributed by atoms with Gasteiger partial charge in [-0.2, -0.15) is 9.98 Å². The van der Waals surface area contributed by atoms with E-state index in [-0.39, 0.29) is 0 Å². The molecule has 0 aliphatic carbocycles. The van der Waals surface area contributed by atoms with Gasteiger partial charge >= 0.3 is 6.03 Å². The van der Waals surface area contributed by atoms with E-state index in [0.29, 0.717) is 22.7 Å². The van der Waals surface area contributed by atoms with Gasteiger partial charge in [-0.25, -0.2) is 24.2 Å². The van der Waals surface area contributed by atoms with Crippen LogP contribution >= 0.6 is 0 Å². The summed E-state index contributed by atoms with van der Waals surface area (Å²) in [5, 5.41) is 10.4. The molecule has 1 N–H and O–H groups in total. The molecule has 3 rings (SSSR count). The van der Waals surface area contributed by atoms with Crippen LogP contribution in [0.4, 0.5) is 27.5 Å². The first-order valence-electron chi connectivity index (χ1n) is 7.65. The van der Waals surface area contributed by atoms with Gasteiger partial charge in [0, 0.05) is 0 Å². The van der Waals surface area contributed by atoms with Gasteiger partial charge in [-0.3, -0.25) is 0 Å². The van der Waals surface area contributed by atoms with Crippen LogP contribution in [0, 0.1) is 13.8 Å². The minimum absolute atomic E-state index is 0.369. The summed E-state index contributed by atoms with van der Waals surface area (Å²) in [5.41, 5.74) is 3.02. The number of urea groups is 1. The molecule has 1 saturated heterocycles. The van der Waals surface area contributed by atoms with E-state index >= 15 is 0 Å². The summed E-state index contributed by atoms with van der Waals surface area (Å²) in [5.74, 6) is 0. The molecule has 1 aliphatic rings. The number of carbonyl (C=O) groups excluding carboxylic acids is 3. The first-order valence-corrected chi connectivity index (χ1v) is 7.65. The normalized spacial score (nSPS) is 15.8. The molecule has 0 spiro atoms. The third-order valence-electron chi connectivity index (χ3n) is 4.15. The predicted molar refractivity (Wildman–Crippen MR) is 94.3 cm³/mol. The van der Waals surface area contributed by atoms with Crippen molar-refractivity contribution >= 4 is 40.9 Å². The van der Waals surface area contributed by atoms with E-state index in [9.17, 15) is 19.5 Å². The van der Waals surface area contributed by atoms with Gasteiger partial charge in [0.2, 0.25) is 18.5 Å². The quantitative estimate of drug-likeness (QED) is 0.676. The van der Waals surface area contributed by atoms with Gasteiger partial charge in [0.1, 0.15) is 0 Å². The third kappa shape index (κ3) is 2.81. The fourth-order valence-corrected chi connectivity index (χ4v) is 2.70. The Morgan fingerprint density at radius 1 is 0.885 bits per heavy atom. The van der Waals surface area contributed by atoms with Crippen LogP contribution in [0.15, 0.2) is 46.4 Å². The molecule has 0 saturated carbocycles. The number of rotatable bonds is 4. The van der Waals surface area contributed by atoms with Crippen molar-refractivity contribution in [1.29, 1.82) is 0 Å². The molecule has 26 heavy (non-hydrogen) atoms. The highest BCUT2D eigenvalue weighted by Crippen LogP contribution is 2.36. The molecule has 1 aliphatic heterocycles. The molecule has 1 fully saturated rings. The Labute approximate surface area is 148 Å². The summed E-state index contributed by atoms with van der Waals surface area (Å²) in [6.45, 7) is 3.53. The monoisotopic (exact) mass is 350 g/mol. The molecule has 0 atom stereocenters. The zero-order chi connectivity index (χ0) is 18.8. The van der Waals surface area contributed by atoms with Crippen LogP contribution < -0.4 is 9.80 Å². The number of amides is 2. The van der Waals surface area contributed by atoms with E-state index in [4.69, 9.17) is 0 Å². The highest BCUT2D eigenvalue weighted by Gasteiger charge is 2.45. The number of aliphatic hydroxyl groups is 1. The maximum absolute atomic E-state index is 12.6. The van der Waals surface area contributed by atoms with Gasteiger partial charge in [0.25, 0.3) is 0 Å². The van der Waals surface area contributed by atoms with Gasteiger partial charge in [-0.1, -0.05) is 12.1 Å². The molecule has 0 bridgehead atoms. The molecule has 2 aromatic rings. The zero-order valence-corrected chi connectivity index (χ0v) is 14.0. The van der Waals surface area contributed by atoms with Crippen molar-refractivity contribution < 1.29 is 19.5 Å². The predicted octanol–water partition coefficient (Wildman–Crippen LogP) is 2.96. The first-order chi connectivity index (χ1) is 12.5. The summed E-state index contributed by atoms with van der Waals surface area (Å²) in [6.07, 6.45) is 1.69. The Bertz CT molecular complexity index is 913. The molecule has 0 unspecified atom stereocenters. The molecular weight excluding hydrogens is 336 g/mol. The zero-order valence-electron chi connectivity index (χ0n) is 14.0. The van der Waals surface area contributed by atoms with Crippen LogP contribution in [0.25, 0.3) is 0 Å². The lowest BCUT2D eigenvalue weighted by molar-refractivity contribution is 0.131. The van der Waals surface area contributed by atoms with E-state index in [0.717, 1.165) is 20.9 Å². The number of aliphatic hydroxyl groups excluding tert-OH is 1. The Hall–Kier alpha value is -3.57. The molecular formula is C18H14N4O4. The molecule has 0 aromatic heterocycles. The topological polar surface area (TPSA) is 103 Å². The largest absolute Gasteiger partial charge is 0.356 e. The SMILES string of the molecule is Cc1ccc(N2C(=O)N(c3ccc(C)c(N=C=O)c3)C2O)cc1N=C=O. The maximum atomic E-state index is 12.6. The van der Waals surface area contributed by atoms with Crippen molar-refractivity contribution in [2.75, 3.05) is 9.80 Å². The Morgan fingerprint density at radius 3 is 1.65 bits per heavy atom. The minimum atomic E-state index is -1.24. The van der Waals surface area contributed by atoms with Crippen molar-refractivity contribution in [3.8, 4) is 0 Å². The Balaban J connectivity index is 1.92. The number of hydrogen-bond donors (Lipinski definition) is 1. The molecule has 0 radical (unpaired) electrons. The van der Waals surface area contributed by atoms with E-state index in [2.05, 4.69) is 9.98 Å². The second kappa shape index (κ2) is 6.74. The average Bonchev–Trinajstić information content (AvgIpc) is 2.61. The summed E-state index contributed by atoms with van der Waals surface area (Å²) in [6, 6.07) is 9.26. The summed E-state index contributed by atoms with van der Waals surface area (Å²) in [4.78, 5) is 43.1. The van der Waals surface area contributed by atoms with E-state index in [1.54, 1.807) is 38.1 Å². The molecule has 2 aromatic carbocycles. The van der Waals surface area contributed by atoms with Gasteiger partial charge in [-0.05, 0) is 49.2 Å². The fraction of sp³-hybridized carbons (Fsp3) is 0.167. The first kappa shape index (κ1) is 17.3. The highest BCUT2D eigenvalue weighted by molar-refractivity contribution is 6.11. The van der Waals surface area contributed by atoms with Crippen LogP contribution in [0.5, 0.6) is 0 Å². The van der Waals surface area contributed by atoms with Crippen LogP contribution in [0.2, 0.25) is 0 Å². The van der Waals surface area contributed by atoms with Crippen molar-refractivity contribution in [1.82, 2.24) is 0 Å². The summed E-state index contributed by atoms with van der Waals surface area (Å²) < 4.78 is 0. The average molecular weight is 350 g/mol. The number of nitrogens with zero attached hydrogens (tertiary/aromatic N) is 4. The number of aryl methyl sites for hydroxylation is 2. The van der Waals surface area contributed by atoms with E-state index in [1.165, 1.54) is 24.3 Å². The number of hydrogen-bond acceptors (Lipinski definition) is 6. The second-order valence-corrected chi connectivity index (χ2v) is 5.72. The number of aliphatic imine (C=N–C) groups is 2. The Kier molecular flexibility index (Phi) is 4.47. The van der Waals surface area contributed by atoms with Crippen LogP contribution in [0.3, 0.4) is 0 Å². The lowest BCUT2D eigenvalue weighted by Gasteiger charge is -2.46. The fourth-order valence-electron chi connectivity index (χ4n) is 2.70. The van der Waals surface area contributed by atoms with Gasteiger partial charge in [0.05, 0.1) is 22.7 Å². The van der Waals surface area contributed by atoms with Crippen LogP contribution in [0.1, 0.15) is 11.1 Å². The highest BCUT2D eigenvalue weighted by atomic mass is 16.3. The molecule has 8 nitrogen and oxygen atoms in total. The maximum Gasteiger partial charge on any atom is 0.336 e. The van der Waals surface area contributed by atoms with E-state index in [1.807, 2.05) is 0 Å². The number of isocyanates is 2. The minimum Gasteiger partial charge on any atom is -0.356 e. The van der Waals surface area contributed by atoms with E-state index < -0.39 is 12.4 Å². The van der Waals surface area contributed by atoms with Crippen molar-refractivity contribution in [3.63, 3.8) is 0 Å². The standard InChI is InChI=1S/C18H14N4O4/c1-11-3-5-13(7-15(11)19-9-23)21-17(25)22(18(21)26)14-6-4-12(2)16(8-14)20-10-24/h3-8,17,25H,1-2H3. The Morgan fingerprint density at radius 2 is 1.31 bits per heavy atom. The molecule has 130 valence electrons. The van der Waals surface area contributed by atoms with Gasteiger partial charge < -0.3 is 5.11 Å². The molecule has 8 heteroatoms. The second-order valence-electron chi connectivity index (χ2n) is 5.72. The van der Waals surface area contributed by atoms with Crippen molar-refractivity contribution in [2.24, 2.45) is 9.98 Å². The van der Waals surface area contributed by atoms with Gasteiger partial charge in [0.15, 0.2) is 0 Å². The number of anilines is 2. The number of carbonyl (C=O) groups is 1. The summed E-state index contributed by atoms with van der Waals surface area (Å²) in [7, 11) is 0. The number of benzene rings is 2. The van der Waals surface area contributed by atoms with Gasteiger partial charge in [-0.15, -0.1) is 0 Å². The van der Waals surface area contributed by atoms with Crippen LogP contribution in [-0.4, -0.2) is 29.6 Å². The van der Waals surface area contributed by atoms with Crippen LogP contribution in [-0.2, 0) is 9.59 Å². The molecule has 2 amide bonds. The summed E-state index contributed by atoms with van der Waals surface area (Å²) >= 11 is 0. The third-order valence-corrected chi connectivity index (χ3v) is 4.15. The molecule has 1 heterocycles. The lowest BCUT2D eigenvalue weighted by Crippen LogP contribution is -2.68. The van der Waals surface area contributed by atoms with Crippen molar-refractivity contribution in [2.45, 2.75) is 20.2 Å².